The Morgan fingerprint density at radius 2 is 2.22 bits per heavy atom. The second-order valence-corrected chi connectivity index (χ2v) is 5.62. The van der Waals surface area contributed by atoms with E-state index >= 15 is 0 Å². The molecule has 1 heterocycles. The summed E-state index contributed by atoms with van der Waals surface area (Å²) in [4.78, 5) is 16.7. The standard InChI is InChI=1S/C16H21N3O4/c1-12(20)6-8-18(2)9-7-16-17-11-15(23-16)13-4-3-5-14(10-13)19(21)22/h3-5,10-12,20H,6-9H2,1-2H3. The quantitative estimate of drug-likeness (QED) is 0.593. The molecule has 0 bridgehead atoms. The van der Waals surface area contributed by atoms with Crippen LogP contribution in [0.15, 0.2) is 34.9 Å². The number of hydrogen-bond acceptors (Lipinski definition) is 6. The Kier molecular flexibility index (Phi) is 5.84. The smallest absolute Gasteiger partial charge is 0.270 e. The normalized spacial score (nSPS) is 12.5. The Bertz CT molecular complexity index is 654. The molecule has 0 spiro atoms. The summed E-state index contributed by atoms with van der Waals surface area (Å²) >= 11 is 0. The van der Waals surface area contributed by atoms with Crippen LogP contribution in [0.1, 0.15) is 19.2 Å². The Morgan fingerprint density at radius 3 is 2.91 bits per heavy atom. The molecule has 2 aromatic rings. The minimum Gasteiger partial charge on any atom is -0.441 e. The van der Waals surface area contributed by atoms with Gasteiger partial charge in [-0.3, -0.25) is 10.1 Å². The van der Waals surface area contributed by atoms with Crippen LogP contribution in [0.3, 0.4) is 0 Å². The fourth-order valence-electron chi connectivity index (χ4n) is 2.14. The van der Waals surface area contributed by atoms with Gasteiger partial charge in [0.25, 0.3) is 5.69 Å². The number of nitrogens with zero attached hydrogens (tertiary/aromatic N) is 3. The number of aliphatic hydroxyl groups is 1. The molecule has 7 nitrogen and oxygen atoms in total. The zero-order valence-corrected chi connectivity index (χ0v) is 13.3. The van der Waals surface area contributed by atoms with Crippen molar-refractivity contribution in [2.24, 2.45) is 0 Å². The molecule has 7 heteroatoms. The first-order chi connectivity index (χ1) is 11.0. The van der Waals surface area contributed by atoms with Crippen molar-refractivity contribution in [1.82, 2.24) is 9.88 Å². The lowest BCUT2D eigenvalue weighted by Crippen LogP contribution is -2.24. The molecule has 0 aliphatic heterocycles. The number of nitro benzene ring substituents is 1. The molecule has 0 fully saturated rings. The molecular formula is C16H21N3O4. The predicted molar refractivity (Wildman–Crippen MR) is 86.1 cm³/mol. The molecule has 0 amide bonds. The van der Waals surface area contributed by atoms with Crippen LogP contribution in [-0.2, 0) is 6.42 Å². The lowest BCUT2D eigenvalue weighted by Gasteiger charge is -2.16. The summed E-state index contributed by atoms with van der Waals surface area (Å²) in [6.45, 7) is 3.34. The molecule has 1 aromatic carbocycles. The topological polar surface area (TPSA) is 92.6 Å². The first-order valence-corrected chi connectivity index (χ1v) is 7.52. The highest BCUT2D eigenvalue weighted by Crippen LogP contribution is 2.24. The number of nitro groups is 1. The molecule has 0 saturated heterocycles. The van der Waals surface area contributed by atoms with E-state index in [9.17, 15) is 15.2 Å². The molecule has 0 radical (unpaired) electrons. The number of likely N-dealkylation sites (N-methyl/N-ethyl adjacent to an activating group) is 1. The summed E-state index contributed by atoms with van der Waals surface area (Å²) < 4.78 is 5.67. The molecule has 0 saturated carbocycles. The number of aliphatic hydroxyl groups excluding tert-OH is 1. The minimum atomic E-state index is -0.433. The summed E-state index contributed by atoms with van der Waals surface area (Å²) in [7, 11) is 1.98. The van der Waals surface area contributed by atoms with Crippen LogP contribution in [0.5, 0.6) is 0 Å². The summed E-state index contributed by atoms with van der Waals surface area (Å²) in [5, 5.41) is 20.1. The van der Waals surface area contributed by atoms with E-state index < -0.39 is 4.92 Å². The molecule has 124 valence electrons. The van der Waals surface area contributed by atoms with Gasteiger partial charge in [0.2, 0.25) is 0 Å². The molecule has 0 aliphatic rings. The highest BCUT2D eigenvalue weighted by Gasteiger charge is 2.11. The summed E-state index contributed by atoms with van der Waals surface area (Å²) in [5.41, 5.74) is 0.665. The van der Waals surface area contributed by atoms with Crippen LogP contribution < -0.4 is 0 Å². The minimum absolute atomic E-state index is 0.0262. The van der Waals surface area contributed by atoms with Crippen LogP contribution in [0.25, 0.3) is 11.3 Å². The number of rotatable bonds is 8. The second kappa shape index (κ2) is 7.85. The molecule has 2 rings (SSSR count). The highest BCUT2D eigenvalue weighted by molar-refractivity contribution is 5.60. The lowest BCUT2D eigenvalue weighted by molar-refractivity contribution is -0.384. The van der Waals surface area contributed by atoms with E-state index in [-0.39, 0.29) is 11.8 Å². The van der Waals surface area contributed by atoms with Crippen molar-refractivity contribution in [3.63, 3.8) is 0 Å². The molecule has 1 unspecified atom stereocenters. The fraction of sp³-hybridized carbons (Fsp3) is 0.438. The monoisotopic (exact) mass is 319 g/mol. The Labute approximate surface area is 134 Å². The van der Waals surface area contributed by atoms with E-state index in [2.05, 4.69) is 9.88 Å². The summed E-state index contributed by atoms with van der Waals surface area (Å²) in [5.74, 6) is 1.12. The van der Waals surface area contributed by atoms with Crippen molar-refractivity contribution in [1.29, 1.82) is 0 Å². The van der Waals surface area contributed by atoms with E-state index in [1.807, 2.05) is 7.05 Å². The third-order valence-electron chi connectivity index (χ3n) is 3.53. The maximum absolute atomic E-state index is 10.8. The van der Waals surface area contributed by atoms with Crippen LogP contribution in [0.2, 0.25) is 0 Å². The Balaban J connectivity index is 1.95. The van der Waals surface area contributed by atoms with Gasteiger partial charge in [0.15, 0.2) is 11.7 Å². The van der Waals surface area contributed by atoms with Gasteiger partial charge < -0.3 is 14.4 Å². The predicted octanol–water partition coefficient (Wildman–Crippen LogP) is 2.50. The average molecular weight is 319 g/mol. The largest absolute Gasteiger partial charge is 0.441 e. The van der Waals surface area contributed by atoms with E-state index in [1.165, 1.54) is 12.1 Å². The van der Waals surface area contributed by atoms with Gasteiger partial charge in [0.05, 0.1) is 17.2 Å². The maximum atomic E-state index is 10.8. The van der Waals surface area contributed by atoms with Crippen LogP contribution in [0.4, 0.5) is 5.69 Å². The van der Waals surface area contributed by atoms with Gasteiger partial charge in [-0.2, -0.15) is 0 Å². The summed E-state index contributed by atoms with van der Waals surface area (Å²) in [6, 6.07) is 6.29. The van der Waals surface area contributed by atoms with Crippen LogP contribution in [0, 0.1) is 10.1 Å². The van der Waals surface area contributed by atoms with Crippen LogP contribution in [-0.4, -0.2) is 46.2 Å². The van der Waals surface area contributed by atoms with Gasteiger partial charge in [-0.1, -0.05) is 12.1 Å². The molecule has 1 aromatic heterocycles. The molecule has 23 heavy (non-hydrogen) atoms. The lowest BCUT2D eigenvalue weighted by atomic mass is 10.2. The van der Waals surface area contributed by atoms with Crippen LogP contribution >= 0.6 is 0 Å². The van der Waals surface area contributed by atoms with Crippen molar-refractivity contribution in [2.75, 3.05) is 20.1 Å². The fourth-order valence-corrected chi connectivity index (χ4v) is 2.14. The molecular weight excluding hydrogens is 298 g/mol. The number of non-ortho nitro benzene ring substituents is 1. The van der Waals surface area contributed by atoms with E-state index in [4.69, 9.17) is 4.42 Å². The number of oxazole rings is 1. The zero-order valence-electron chi connectivity index (χ0n) is 13.3. The highest BCUT2D eigenvalue weighted by atomic mass is 16.6. The number of benzene rings is 1. The zero-order chi connectivity index (χ0) is 16.8. The van der Waals surface area contributed by atoms with Crippen molar-refractivity contribution >= 4 is 5.69 Å². The van der Waals surface area contributed by atoms with Crippen molar-refractivity contribution in [2.45, 2.75) is 25.9 Å². The third kappa shape index (κ3) is 5.15. The summed E-state index contributed by atoms with van der Waals surface area (Å²) in [6.07, 6.45) is 2.65. The molecule has 1 atom stereocenters. The SMILES string of the molecule is CC(O)CCN(C)CCc1ncc(-c2cccc([N+](=O)[O-])c2)o1. The van der Waals surface area contributed by atoms with Crippen molar-refractivity contribution in [3.8, 4) is 11.3 Å². The van der Waals surface area contributed by atoms with Gasteiger partial charge in [-0.25, -0.2) is 4.98 Å². The van der Waals surface area contributed by atoms with E-state index in [0.29, 0.717) is 23.6 Å². The third-order valence-corrected chi connectivity index (χ3v) is 3.53. The van der Waals surface area contributed by atoms with Gasteiger partial charge >= 0.3 is 0 Å². The first-order valence-electron chi connectivity index (χ1n) is 7.52. The van der Waals surface area contributed by atoms with Gasteiger partial charge in [-0.15, -0.1) is 0 Å². The first kappa shape index (κ1) is 17.1. The van der Waals surface area contributed by atoms with Gasteiger partial charge in [0.1, 0.15) is 0 Å². The number of aromatic nitrogens is 1. The number of hydrogen-bond donors (Lipinski definition) is 1. The maximum Gasteiger partial charge on any atom is 0.270 e. The van der Waals surface area contributed by atoms with E-state index in [1.54, 1.807) is 25.3 Å². The van der Waals surface area contributed by atoms with E-state index in [0.717, 1.165) is 19.5 Å². The van der Waals surface area contributed by atoms with Gasteiger partial charge in [-0.05, 0) is 20.4 Å². The van der Waals surface area contributed by atoms with Gasteiger partial charge in [0, 0.05) is 37.2 Å². The average Bonchev–Trinajstić information content (AvgIpc) is 3.00. The Morgan fingerprint density at radius 1 is 1.43 bits per heavy atom. The molecule has 0 aliphatic carbocycles. The second-order valence-electron chi connectivity index (χ2n) is 5.62. The molecule has 1 N–H and O–H groups in total. The van der Waals surface area contributed by atoms with Crippen molar-refractivity contribution < 1.29 is 14.4 Å². The Hall–Kier alpha value is -2.25. The van der Waals surface area contributed by atoms with Crippen molar-refractivity contribution in [3.05, 3.63) is 46.5 Å².